The first-order chi connectivity index (χ1) is 28.7. The SMILES string of the molecule is Nc1nc(N)c2nc[nH]c2[nH+]1.Nc1nc(N)c2nc[nH]c2[nH+]1.O.O.O=C([O-])c1ccc(Oc2ccc(C(=O)[O-])cc2)cc1.O=C([O-])c1ccc(Oc2ccc(C(=O)[O-])cc2)cc1.[Co+2].[OH3+].[OH3+]. The second kappa shape index (κ2) is 25.7. The molecule has 0 saturated heterocycles. The molecule has 8 rings (SSSR count). The number of anilines is 4. The van der Waals surface area contributed by atoms with Crippen LogP contribution in [0.1, 0.15) is 41.4 Å². The number of nitrogens with two attached hydrogens (primary N) is 4. The molecule has 26 nitrogen and oxygen atoms in total. The topological polar surface area (TPSA) is 523 Å². The quantitative estimate of drug-likeness (QED) is 0.0775. The zero-order chi connectivity index (χ0) is 43.3. The van der Waals surface area contributed by atoms with Crippen LogP contribution in [-0.2, 0) is 27.7 Å². The second-order valence-electron chi connectivity index (χ2n) is 11.7. The fourth-order valence-corrected chi connectivity index (χ4v) is 4.75. The van der Waals surface area contributed by atoms with Gasteiger partial charge in [-0.15, -0.1) is 0 Å². The number of aromatic amines is 4. The van der Waals surface area contributed by atoms with Gasteiger partial charge in [0.1, 0.15) is 35.7 Å². The van der Waals surface area contributed by atoms with E-state index in [1.54, 1.807) is 0 Å². The van der Waals surface area contributed by atoms with Crippen molar-refractivity contribution in [2.24, 2.45) is 0 Å². The third-order valence-corrected chi connectivity index (χ3v) is 7.58. The average molecular weight is 948 g/mol. The van der Waals surface area contributed by atoms with Gasteiger partial charge in [0.25, 0.3) is 0 Å². The van der Waals surface area contributed by atoms with Gasteiger partial charge in [-0.2, -0.15) is 0 Å². The summed E-state index contributed by atoms with van der Waals surface area (Å²) in [5.74, 6) is -2.08. The summed E-state index contributed by atoms with van der Waals surface area (Å²) in [4.78, 5) is 68.9. The number of fused-ring (bicyclic) bond motifs is 2. The van der Waals surface area contributed by atoms with Gasteiger partial charge >= 0.3 is 28.7 Å². The summed E-state index contributed by atoms with van der Waals surface area (Å²) in [6.07, 6.45) is 3.05. The molecular formula is C38H40CoN12O14+2. The number of imidazole rings is 2. The Morgan fingerprint density at radius 1 is 0.462 bits per heavy atom. The molecule has 22 N–H and O–H groups in total. The van der Waals surface area contributed by atoms with Gasteiger partial charge in [0.2, 0.25) is 22.9 Å². The summed E-state index contributed by atoms with van der Waals surface area (Å²) in [5.41, 5.74) is 24.6. The Hall–Kier alpha value is -8.99. The second-order valence-corrected chi connectivity index (χ2v) is 11.7. The van der Waals surface area contributed by atoms with E-state index < -0.39 is 23.9 Å². The molecule has 4 aromatic heterocycles. The molecular weight excluding hydrogens is 907 g/mol. The Morgan fingerprint density at radius 3 is 0.908 bits per heavy atom. The number of rotatable bonds is 8. The monoisotopic (exact) mass is 947 g/mol. The number of benzene rings is 4. The minimum Gasteiger partial charge on any atom is -0.545 e. The summed E-state index contributed by atoms with van der Waals surface area (Å²) >= 11 is 0. The fourth-order valence-electron chi connectivity index (χ4n) is 4.75. The van der Waals surface area contributed by atoms with Gasteiger partial charge in [-0.1, -0.05) is 9.97 Å². The maximum Gasteiger partial charge on any atom is 2.00 e. The Bertz CT molecular complexity index is 2470. The number of H-pyrrole nitrogens is 4. The van der Waals surface area contributed by atoms with Crippen LogP contribution in [0.25, 0.3) is 22.3 Å². The van der Waals surface area contributed by atoms with E-state index >= 15 is 0 Å². The van der Waals surface area contributed by atoms with Gasteiger partial charge in [0.05, 0.1) is 23.9 Å². The Kier molecular flexibility index (Phi) is 22.1. The predicted molar refractivity (Wildman–Crippen MR) is 219 cm³/mol. The zero-order valence-electron chi connectivity index (χ0n) is 33.1. The molecule has 4 heterocycles. The first-order valence-corrected chi connectivity index (χ1v) is 16.8. The Balaban J connectivity index is 0.000000841. The molecule has 8 aromatic rings. The summed E-state index contributed by atoms with van der Waals surface area (Å²) in [5, 5.41) is 42.2. The van der Waals surface area contributed by atoms with Crippen LogP contribution in [0.2, 0.25) is 0 Å². The molecule has 0 aliphatic rings. The first-order valence-electron chi connectivity index (χ1n) is 16.8. The van der Waals surface area contributed by atoms with Crippen LogP contribution in [0.15, 0.2) is 110 Å². The summed E-state index contributed by atoms with van der Waals surface area (Å²) < 4.78 is 10.8. The van der Waals surface area contributed by atoms with Gasteiger partial charge in [-0.05, 0) is 119 Å². The van der Waals surface area contributed by atoms with Gasteiger partial charge in [-0.3, -0.25) is 9.97 Å². The number of carboxylic acid groups (broad SMARTS) is 4. The van der Waals surface area contributed by atoms with Crippen molar-refractivity contribution in [1.82, 2.24) is 29.9 Å². The summed E-state index contributed by atoms with van der Waals surface area (Å²) in [6, 6.07) is 22.8. The molecule has 0 unspecified atom stereocenters. The van der Waals surface area contributed by atoms with Crippen LogP contribution < -0.4 is 62.8 Å². The molecule has 343 valence electrons. The van der Waals surface area contributed by atoms with E-state index in [1.165, 1.54) is 110 Å². The smallest absolute Gasteiger partial charge is 0.545 e. The van der Waals surface area contributed by atoms with Crippen molar-refractivity contribution in [3.05, 3.63) is 132 Å². The number of nitrogens with one attached hydrogen (secondary N) is 4. The first kappa shape index (κ1) is 56.0. The molecule has 65 heavy (non-hydrogen) atoms. The van der Waals surface area contributed by atoms with Crippen LogP contribution in [0.4, 0.5) is 23.5 Å². The third-order valence-electron chi connectivity index (χ3n) is 7.58. The number of ether oxygens (including phenoxy) is 2. The average Bonchev–Trinajstić information content (AvgIpc) is 3.90. The number of aromatic carboxylic acids is 4. The number of aromatic nitrogens is 8. The molecule has 0 aliphatic carbocycles. The van der Waals surface area contributed by atoms with Crippen molar-refractivity contribution in [2.75, 3.05) is 22.9 Å². The summed E-state index contributed by atoms with van der Waals surface area (Å²) in [7, 11) is 0. The fraction of sp³-hybridized carbons (Fsp3) is 0. The van der Waals surface area contributed by atoms with Crippen LogP contribution in [0, 0.1) is 0 Å². The van der Waals surface area contributed by atoms with Crippen molar-refractivity contribution < 1.29 is 97.7 Å². The van der Waals surface area contributed by atoms with Gasteiger partial charge in [0, 0.05) is 0 Å². The molecule has 0 spiro atoms. The third kappa shape index (κ3) is 15.8. The van der Waals surface area contributed by atoms with Gasteiger partial charge in [-0.25, -0.2) is 19.9 Å². The van der Waals surface area contributed by atoms with Crippen molar-refractivity contribution >= 4 is 69.7 Å². The van der Waals surface area contributed by atoms with Crippen LogP contribution in [-0.4, -0.2) is 64.7 Å². The number of nitrogens with zero attached hydrogens (tertiary/aromatic N) is 4. The number of nitrogen functional groups attached to an aromatic ring is 4. The maximum atomic E-state index is 10.6. The van der Waals surface area contributed by atoms with Crippen LogP contribution in [0.5, 0.6) is 23.0 Å². The predicted octanol–water partition coefficient (Wildman–Crippen LogP) is -5.21. The Labute approximate surface area is 374 Å². The number of hydrogen-bond acceptors (Lipinski definition) is 18. The minimum atomic E-state index is -1.26. The number of hydrogen-bond donors (Lipinski definition) is 6. The van der Waals surface area contributed by atoms with Gasteiger partial charge in [0.15, 0.2) is 11.0 Å². The number of carbonyl (C=O) groups excluding carboxylic acids is 4. The zero-order valence-corrected chi connectivity index (χ0v) is 34.1. The molecule has 1 radical (unpaired) electrons. The Morgan fingerprint density at radius 2 is 0.692 bits per heavy atom. The van der Waals surface area contributed by atoms with E-state index in [0.29, 0.717) is 57.0 Å². The molecule has 0 atom stereocenters. The molecule has 0 saturated carbocycles. The van der Waals surface area contributed by atoms with E-state index in [1.807, 2.05) is 0 Å². The molecule has 0 bridgehead atoms. The van der Waals surface area contributed by atoms with Crippen molar-refractivity contribution in [3.8, 4) is 23.0 Å². The number of carbonyl (C=O) groups is 4. The largest absolute Gasteiger partial charge is 2.00 e. The standard InChI is InChI=1S/2C14H10O5.2C5H6N6.Co.4H2O/c2*15-13(16)9-1-5-11(6-2-9)19-12-7-3-10(4-8-12)14(17)18;2*6-3-2-4(9-1-8-2)11-5(7)10-3;;;;;/h2*1-8H,(H,15,16)(H,17,18);2*1H,(H5,6,7,8,9,10,11);;4*1H2/q;;;;+2;;;;. The van der Waals surface area contributed by atoms with Crippen LogP contribution in [0.3, 0.4) is 0 Å². The van der Waals surface area contributed by atoms with Gasteiger partial charge < -0.3 is 93.9 Å². The maximum absolute atomic E-state index is 10.6. The van der Waals surface area contributed by atoms with Crippen molar-refractivity contribution in [3.63, 3.8) is 0 Å². The molecule has 27 heteroatoms. The normalized spacial score (nSPS) is 9.35. The van der Waals surface area contributed by atoms with Crippen LogP contribution >= 0.6 is 0 Å². The van der Waals surface area contributed by atoms with E-state index in [-0.39, 0.29) is 72.8 Å². The molecule has 0 fully saturated rings. The molecule has 0 amide bonds. The van der Waals surface area contributed by atoms with E-state index in [2.05, 4.69) is 39.9 Å². The number of carboxylic acids is 4. The molecule has 4 aromatic carbocycles. The minimum absolute atomic E-state index is 0. The van der Waals surface area contributed by atoms with E-state index in [0.717, 1.165) is 0 Å². The van der Waals surface area contributed by atoms with Crippen molar-refractivity contribution in [1.29, 1.82) is 0 Å². The van der Waals surface area contributed by atoms with E-state index in [4.69, 9.17) is 32.4 Å². The summed E-state index contributed by atoms with van der Waals surface area (Å²) in [6.45, 7) is 0. The molecule has 0 aliphatic heterocycles. The van der Waals surface area contributed by atoms with E-state index in [9.17, 15) is 39.6 Å². The van der Waals surface area contributed by atoms with Crippen molar-refractivity contribution in [2.45, 2.75) is 0 Å².